The Balaban J connectivity index is 0.000000542. The van der Waals surface area contributed by atoms with Crippen molar-refractivity contribution in [2.75, 3.05) is 32.2 Å². The van der Waals surface area contributed by atoms with E-state index in [1.807, 2.05) is 0 Å². The molecular formula is C30H51NO2. The fourth-order valence-corrected chi connectivity index (χ4v) is 3.63. The second-order valence-electron chi connectivity index (χ2n) is 9.63. The molecule has 0 heterocycles. The molecule has 0 fully saturated rings. The van der Waals surface area contributed by atoms with E-state index in [9.17, 15) is 0 Å². The van der Waals surface area contributed by atoms with Crippen molar-refractivity contribution in [1.29, 1.82) is 0 Å². The van der Waals surface area contributed by atoms with E-state index in [0.29, 0.717) is 5.92 Å². The van der Waals surface area contributed by atoms with Crippen LogP contribution in [0.2, 0.25) is 0 Å². The van der Waals surface area contributed by atoms with Crippen molar-refractivity contribution >= 4 is 5.69 Å². The second-order valence-corrected chi connectivity index (χ2v) is 9.63. The van der Waals surface area contributed by atoms with Gasteiger partial charge in [-0.05, 0) is 92.0 Å². The van der Waals surface area contributed by atoms with Gasteiger partial charge in [0.25, 0.3) is 0 Å². The molecule has 0 amide bonds. The van der Waals surface area contributed by atoms with E-state index in [4.69, 9.17) is 9.47 Å². The molecule has 3 nitrogen and oxygen atoms in total. The Labute approximate surface area is 205 Å². The highest BCUT2D eigenvalue weighted by Crippen LogP contribution is 2.28. The zero-order valence-corrected chi connectivity index (χ0v) is 23.6. The molecule has 0 N–H and O–H groups in total. The van der Waals surface area contributed by atoms with Gasteiger partial charge in [-0.3, -0.25) is 0 Å². The van der Waals surface area contributed by atoms with E-state index in [0.717, 1.165) is 30.5 Å². The smallest absolute Gasteiger partial charge is 0.122 e. The summed E-state index contributed by atoms with van der Waals surface area (Å²) in [6, 6.07) is 10.6. The summed E-state index contributed by atoms with van der Waals surface area (Å²) >= 11 is 0. The van der Waals surface area contributed by atoms with Gasteiger partial charge in [0.1, 0.15) is 11.5 Å². The van der Waals surface area contributed by atoms with Gasteiger partial charge in [-0.15, -0.1) is 0 Å². The van der Waals surface area contributed by atoms with E-state index in [1.54, 1.807) is 14.2 Å². The van der Waals surface area contributed by atoms with Crippen molar-refractivity contribution in [3.05, 3.63) is 52.6 Å². The molecule has 0 bridgehead atoms. The van der Waals surface area contributed by atoms with Gasteiger partial charge in [-0.1, -0.05) is 54.5 Å². The molecule has 3 heteroatoms. The third kappa shape index (κ3) is 11.0. The summed E-state index contributed by atoms with van der Waals surface area (Å²) in [5, 5.41) is 0. The molecule has 0 aliphatic rings. The molecular weight excluding hydrogens is 406 g/mol. The summed E-state index contributed by atoms with van der Waals surface area (Å²) in [7, 11) is 3.44. The van der Waals surface area contributed by atoms with Gasteiger partial charge < -0.3 is 14.4 Å². The number of nitrogens with zero attached hydrogens (tertiary/aromatic N) is 1. The lowest BCUT2D eigenvalue weighted by molar-refractivity contribution is 0.411. The van der Waals surface area contributed by atoms with Crippen LogP contribution in [0.4, 0.5) is 5.69 Å². The Bertz CT molecular complexity index is 787. The molecule has 0 saturated carbocycles. The van der Waals surface area contributed by atoms with Gasteiger partial charge in [0.05, 0.1) is 14.2 Å². The van der Waals surface area contributed by atoms with Crippen molar-refractivity contribution in [3.63, 3.8) is 0 Å². The molecule has 2 aromatic rings. The Hall–Kier alpha value is -2.16. The van der Waals surface area contributed by atoms with E-state index in [2.05, 4.69) is 104 Å². The fraction of sp³-hybridized carbons (Fsp3) is 0.600. The van der Waals surface area contributed by atoms with Crippen LogP contribution in [0.15, 0.2) is 30.3 Å². The minimum Gasteiger partial charge on any atom is -0.496 e. The normalized spacial score (nSPS) is 10.2. The Morgan fingerprint density at radius 1 is 0.727 bits per heavy atom. The van der Waals surface area contributed by atoms with Crippen LogP contribution in [0.25, 0.3) is 0 Å². The maximum Gasteiger partial charge on any atom is 0.122 e. The number of rotatable bonds is 8. The molecule has 188 valence electrons. The maximum absolute atomic E-state index is 5.28. The highest BCUT2D eigenvalue weighted by molar-refractivity contribution is 5.52. The number of hydrogen-bond donors (Lipinski definition) is 0. The van der Waals surface area contributed by atoms with E-state index in [-0.39, 0.29) is 0 Å². The third-order valence-corrected chi connectivity index (χ3v) is 5.35. The van der Waals surface area contributed by atoms with Crippen molar-refractivity contribution in [1.82, 2.24) is 0 Å². The number of benzene rings is 2. The highest BCUT2D eigenvalue weighted by Gasteiger charge is 2.09. The molecule has 0 aliphatic carbocycles. The summed E-state index contributed by atoms with van der Waals surface area (Å²) in [4.78, 5) is 2.44. The average Bonchev–Trinajstić information content (AvgIpc) is 2.75. The van der Waals surface area contributed by atoms with Gasteiger partial charge in [-0.25, -0.2) is 0 Å². The number of aryl methyl sites for hydroxylation is 1. The molecule has 0 radical (unpaired) electrons. The Morgan fingerprint density at radius 2 is 1.21 bits per heavy atom. The van der Waals surface area contributed by atoms with Crippen LogP contribution < -0.4 is 14.4 Å². The van der Waals surface area contributed by atoms with Crippen molar-refractivity contribution < 1.29 is 9.47 Å². The second kappa shape index (κ2) is 16.5. The molecule has 0 spiro atoms. The van der Waals surface area contributed by atoms with Crippen LogP contribution >= 0.6 is 0 Å². The maximum atomic E-state index is 5.28. The van der Waals surface area contributed by atoms with Gasteiger partial charge in [-0.2, -0.15) is 0 Å². The van der Waals surface area contributed by atoms with E-state index < -0.39 is 0 Å². The van der Waals surface area contributed by atoms with Crippen molar-refractivity contribution in [2.24, 2.45) is 5.92 Å². The lowest BCUT2D eigenvalue weighted by Crippen LogP contribution is -2.24. The summed E-state index contributed by atoms with van der Waals surface area (Å²) in [6.07, 6.45) is 2.37. The molecule has 0 atom stereocenters. The first-order chi connectivity index (χ1) is 15.5. The van der Waals surface area contributed by atoms with Gasteiger partial charge in [0, 0.05) is 18.8 Å². The van der Waals surface area contributed by atoms with Gasteiger partial charge in [0.2, 0.25) is 0 Å². The summed E-state index contributed by atoms with van der Waals surface area (Å²) in [6.45, 7) is 24.0. The zero-order chi connectivity index (χ0) is 25.6. The predicted octanol–water partition coefficient (Wildman–Crippen LogP) is 8.73. The van der Waals surface area contributed by atoms with Crippen molar-refractivity contribution in [2.45, 2.75) is 88.0 Å². The fourth-order valence-electron chi connectivity index (χ4n) is 3.63. The standard InChI is InChI=1S/C14H23NO.C12H18O.C4H10/c1-5-9-15(10-6-2)13-7-8-14(16-4)12(3)11-13;1-8(2)11-6-7-12(13-5)10(4)9(11)3;1-4(2)3/h7-8,11H,5-6,9-10H2,1-4H3;6-8H,1-5H3;4H,1-3H3. The van der Waals surface area contributed by atoms with Crippen molar-refractivity contribution in [3.8, 4) is 11.5 Å². The molecule has 0 unspecified atom stereocenters. The molecule has 2 aromatic carbocycles. The first-order valence-corrected chi connectivity index (χ1v) is 12.6. The van der Waals surface area contributed by atoms with Crippen LogP contribution in [0.1, 0.15) is 89.5 Å². The van der Waals surface area contributed by atoms with E-state index in [1.165, 1.54) is 40.8 Å². The molecule has 33 heavy (non-hydrogen) atoms. The van der Waals surface area contributed by atoms with Crippen LogP contribution in [0.3, 0.4) is 0 Å². The molecule has 0 aromatic heterocycles. The zero-order valence-electron chi connectivity index (χ0n) is 23.6. The number of anilines is 1. The molecule has 0 saturated heterocycles. The lowest BCUT2D eigenvalue weighted by Gasteiger charge is -2.24. The Kier molecular flexibility index (Phi) is 15.4. The van der Waals surface area contributed by atoms with Crippen LogP contribution in [-0.2, 0) is 0 Å². The minimum absolute atomic E-state index is 0.588. The molecule has 0 aliphatic heterocycles. The first-order valence-electron chi connectivity index (χ1n) is 12.6. The largest absolute Gasteiger partial charge is 0.496 e. The van der Waals surface area contributed by atoms with Crippen LogP contribution in [0, 0.1) is 26.7 Å². The quantitative estimate of drug-likeness (QED) is 0.395. The number of ether oxygens (including phenoxy) is 2. The highest BCUT2D eigenvalue weighted by atomic mass is 16.5. The van der Waals surface area contributed by atoms with E-state index >= 15 is 0 Å². The Morgan fingerprint density at radius 3 is 1.61 bits per heavy atom. The van der Waals surface area contributed by atoms with Gasteiger partial charge in [0.15, 0.2) is 0 Å². The molecule has 2 rings (SSSR count). The van der Waals surface area contributed by atoms with Gasteiger partial charge >= 0.3 is 0 Å². The average molecular weight is 458 g/mol. The van der Waals surface area contributed by atoms with Crippen LogP contribution in [-0.4, -0.2) is 27.3 Å². The topological polar surface area (TPSA) is 21.7 Å². The number of methoxy groups -OCH3 is 2. The summed E-state index contributed by atoms with van der Waals surface area (Å²) in [5.74, 6) is 3.38. The summed E-state index contributed by atoms with van der Waals surface area (Å²) < 4.78 is 10.5. The first kappa shape index (κ1) is 30.8. The predicted molar refractivity (Wildman–Crippen MR) is 148 cm³/mol. The number of hydrogen-bond acceptors (Lipinski definition) is 3. The third-order valence-electron chi connectivity index (χ3n) is 5.35. The summed E-state index contributed by atoms with van der Waals surface area (Å²) in [5.41, 5.74) is 6.54. The lowest BCUT2D eigenvalue weighted by atomic mass is 9.94. The van der Waals surface area contributed by atoms with Crippen LogP contribution in [0.5, 0.6) is 11.5 Å². The minimum atomic E-state index is 0.588. The SMILES string of the molecule is CC(C)C.CCCN(CCC)c1ccc(OC)c(C)c1.COc1ccc(C(C)C)c(C)c1C. The monoisotopic (exact) mass is 457 g/mol.